The molecule has 1 fully saturated rings. The van der Waals surface area contributed by atoms with Gasteiger partial charge in [-0.1, -0.05) is 20.8 Å². The monoisotopic (exact) mass is 333 g/mol. The molecule has 1 aromatic heterocycles. The fraction of sp³-hybridized carbons (Fsp3) is 0.611. The van der Waals surface area contributed by atoms with Gasteiger partial charge in [0.25, 0.3) is 5.91 Å². The number of ether oxygens (including phenoxy) is 1. The summed E-state index contributed by atoms with van der Waals surface area (Å²) in [4.78, 5) is 28.4. The summed E-state index contributed by atoms with van der Waals surface area (Å²) in [6, 6.07) is 3.42. The minimum atomic E-state index is -0.492. The fourth-order valence-corrected chi connectivity index (χ4v) is 2.53. The van der Waals surface area contributed by atoms with E-state index in [1.54, 1.807) is 12.1 Å². The van der Waals surface area contributed by atoms with Crippen LogP contribution in [-0.2, 0) is 9.53 Å². The molecule has 0 bridgehead atoms. The van der Waals surface area contributed by atoms with Crippen molar-refractivity contribution in [1.82, 2.24) is 10.3 Å². The topological polar surface area (TPSA) is 80.3 Å². The Morgan fingerprint density at radius 1 is 1.29 bits per heavy atom. The molecule has 0 radical (unpaired) electrons. The first-order chi connectivity index (χ1) is 11.1. The van der Waals surface area contributed by atoms with Crippen molar-refractivity contribution in [3.05, 3.63) is 23.9 Å². The zero-order valence-corrected chi connectivity index (χ0v) is 15.1. The molecular formula is C18H27N3O3. The summed E-state index contributed by atoms with van der Waals surface area (Å²) in [5.74, 6) is 0.175. The van der Waals surface area contributed by atoms with E-state index in [-0.39, 0.29) is 23.5 Å². The Balaban J connectivity index is 1.95. The summed E-state index contributed by atoms with van der Waals surface area (Å²) in [7, 11) is 0. The molecule has 0 aromatic carbocycles. The maximum absolute atomic E-state index is 12.3. The summed E-state index contributed by atoms with van der Waals surface area (Å²) < 4.78 is 5.66. The zero-order chi connectivity index (χ0) is 18.0. The molecule has 1 atom stereocenters. The highest BCUT2D eigenvalue weighted by molar-refractivity contribution is 5.96. The van der Waals surface area contributed by atoms with Gasteiger partial charge in [0.15, 0.2) is 0 Å². The SMILES string of the molecule is CC1(C)C[C@H](NC(=O)c2ccc(NC(=O)C(C)(C)C)nc2)CCO1. The van der Waals surface area contributed by atoms with Gasteiger partial charge in [-0.2, -0.15) is 0 Å². The number of nitrogens with one attached hydrogen (secondary N) is 2. The summed E-state index contributed by atoms with van der Waals surface area (Å²) in [5.41, 5.74) is -0.226. The number of carbonyl (C=O) groups excluding carboxylic acids is 2. The van der Waals surface area contributed by atoms with Crippen molar-refractivity contribution < 1.29 is 14.3 Å². The van der Waals surface area contributed by atoms with Gasteiger partial charge in [0.05, 0.1) is 11.2 Å². The number of anilines is 1. The van der Waals surface area contributed by atoms with Crippen LogP contribution in [0.3, 0.4) is 0 Å². The van der Waals surface area contributed by atoms with E-state index in [1.165, 1.54) is 6.20 Å². The lowest BCUT2D eigenvalue weighted by molar-refractivity contribution is -0.123. The number of carbonyl (C=O) groups is 2. The normalized spacial score (nSPS) is 20.3. The number of rotatable bonds is 3. The summed E-state index contributed by atoms with van der Waals surface area (Å²) in [6.45, 7) is 10.2. The predicted octanol–water partition coefficient (Wildman–Crippen LogP) is 2.75. The third kappa shape index (κ3) is 5.03. The fourth-order valence-electron chi connectivity index (χ4n) is 2.53. The van der Waals surface area contributed by atoms with E-state index in [4.69, 9.17) is 4.74 Å². The molecule has 2 rings (SSSR count). The average Bonchev–Trinajstić information content (AvgIpc) is 2.45. The molecule has 132 valence electrons. The Kier molecular flexibility index (Phi) is 5.28. The molecule has 2 heterocycles. The van der Waals surface area contributed by atoms with Crippen molar-refractivity contribution in [2.75, 3.05) is 11.9 Å². The summed E-state index contributed by atoms with van der Waals surface area (Å²) in [6.07, 6.45) is 3.08. The molecule has 0 spiro atoms. The number of amides is 2. The minimum Gasteiger partial charge on any atom is -0.375 e. The Labute approximate surface area is 143 Å². The zero-order valence-electron chi connectivity index (χ0n) is 15.1. The van der Waals surface area contributed by atoms with Gasteiger partial charge in [-0.25, -0.2) is 4.98 Å². The number of aromatic nitrogens is 1. The third-order valence-electron chi connectivity index (χ3n) is 3.98. The maximum Gasteiger partial charge on any atom is 0.253 e. The van der Waals surface area contributed by atoms with Crippen LogP contribution < -0.4 is 10.6 Å². The molecule has 0 unspecified atom stereocenters. The smallest absolute Gasteiger partial charge is 0.253 e. The van der Waals surface area contributed by atoms with Gasteiger partial charge < -0.3 is 15.4 Å². The van der Waals surface area contributed by atoms with Crippen molar-refractivity contribution in [3.8, 4) is 0 Å². The van der Waals surface area contributed by atoms with Crippen LogP contribution in [0.4, 0.5) is 5.82 Å². The van der Waals surface area contributed by atoms with Crippen molar-refractivity contribution in [3.63, 3.8) is 0 Å². The van der Waals surface area contributed by atoms with Gasteiger partial charge in [-0.3, -0.25) is 9.59 Å². The van der Waals surface area contributed by atoms with Crippen LogP contribution in [0.2, 0.25) is 0 Å². The van der Waals surface area contributed by atoms with Crippen LogP contribution in [0.5, 0.6) is 0 Å². The molecule has 6 heteroatoms. The van der Waals surface area contributed by atoms with E-state index >= 15 is 0 Å². The second kappa shape index (κ2) is 6.89. The van der Waals surface area contributed by atoms with Crippen LogP contribution >= 0.6 is 0 Å². The van der Waals surface area contributed by atoms with Gasteiger partial charge >= 0.3 is 0 Å². The predicted molar refractivity (Wildman–Crippen MR) is 92.8 cm³/mol. The van der Waals surface area contributed by atoms with Gasteiger partial charge in [-0.15, -0.1) is 0 Å². The largest absolute Gasteiger partial charge is 0.375 e. The number of hydrogen-bond acceptors (Lipinski definition) is 4. The van der Waals surface area contributed by atoms with Crippen LogP contribution in [-0.4, -0.2) is 35.0 Å². The minimum absolute atomic E-state index is 0.0986. The Hall–Kier alpha value is -1.95. The van der Waals surface area contributed by atoms with E-state index in [0.29, 0.717) is 18.0 Å². The van der Waals surface area contributed by atoms with Crippen molar-refractivity contribution in [2.45, 2.75) is 59.1 Å². The molecule has 0 aliphatic carbocycles. The second-order valence-corrected chi connectivity index (χ2v) is 7.91. The Bertz CT molecular complexity index is 603. The molecule has 1 saturated heterocycles. The number of hydrogen-bond donors (Lipinski definition) is 2. The van der Waals surface area contributed by atoms with Crippen LogP contribution in [0.25, 0.3) is 0 Å². The highest BCUT2D eigenvalue weighted by Gasteiger charge is 2.29. The summed E-state index contributed by atoms with van der Waals surface area (Å²) in [5, 5.41) is 5.77. The second-order valence-electron chi connectivity index (χ2n) is 7.91. The molecular weight excluding hydrogens is 306 g/mol. The molecule has 24 heavy (non-hydrogen) atoms. The van der Waals surface area contributed by atoms with Crippen molar-refractivity contribution >= 4 is 17.6 Å². The highest BCUT2D eigenvalue weighted by atomic mass is 16.5. The third-order valence-corrected chi connectivity index (χ3v) is 3.98. The first-order valence-electron chi connectivity index (χ1n) is 8.29. The molecule has 1 aromatic rings. The molecule has 1 aliphatic heterocycles. The molecule has 2 N–H and O–H groups in total. The van der Waals surface area contributed by atoms with E-state index in [9.17, 15) is 9.59 Å². The number of nitrogens with zero attached hydrogens (tertiary/aromatic N) is 1. The quantitative estimate of drug-likeness (QED) is 0.891. The number of pyridine rings is 1. The van der Waals surface area contributed by atoms with Gasteiger partial charge in [0, 0.05) is 24.3 Å². The van der Waals surface area contributed by atoms with Crippen LogP contribution in [0, 0.1) is 5.41 Å². The molecule has 6 nitrogen and oxygen atoms in total. The highest BCUT2D eigenvalue weighted by Crippen LogP contribution is 2.24. The van der Waals surface area contributed by atoms with Crippen molar-refractivity contribution in [1.29, 1.82) is 0 Å². The molecule has 2 amide bonds. The van der Waals surface area contributed by atoms with Gasteiger partial charge in [0.2, 0.25) is 5.91 Å². The van der Waals surface area contributed by atoms with E-state index < -0.39 is 5.41 Å². The lowest BCUT2D eigenvalue weighted by Crippen LogP contribution is -2.45. The standard InChI is InChI=1S/C18H27N3O3/c1-17(2,3)16(23)21-14-7-6-12(11-19-14)15(22)20-13-8-9-24-18(4,5)10-13/h6-7,11,13H,8-10H2,1-5H3,(H,20,22)(H,19,21,23)/t13-/m1/s1. The average molecular weight is 333 g/mol. The van der Waals surface area contributed by atoms with Crippen LogP contribution in [0.15, 0.2) is 18.3 Å². The van der Waals surface area contributed by atoms with E-state index in [0.717, 1.165) is 12.8 Å². The first kappa shape index (κ1) is 18.4. The lowest BCUT2D eigenvalue weighted by Gasteiger charge is -2.35. The summed E-state index contributed by atoms with van der Waals surface area (Å²) >= 11 is 0. The Morgan fingerprint density at radius 3 is 2.54 bits per heavy atom. The Morgan fingerprint density at radius 2 is 2.00 bits per heavy atom. The molecule has 0 saturated carbocycles. The van der Waals surface area contributed by atoms with E-state index in [1.807, 2.05) is 34.6 Å². The van der Waals surface area contributed by atoms with Gasteiger partial charge in [0.1, 0.15) is 5.82 Å². The first-order valence-corrected chi connectivity index (χ1v) is 8.29. The van der Waals surface area contributed by atoms with Crippen molar-refractivity contribution in [2.24, 2.45) is 5.41 Å². The lowest BCUT2D eigenvalue weighted by atomic mass is 9.94. The van der Waals surface area contributed by atoms with Crippen LogP contribution in [0.1, 0.15) is 57.8 Å². The molecule has 1 aliphatic rings. The van der Waals surface area contributed by atoms with Gasteiger partial charge in [-0.05, 0) is 38.8 Å². The van der Waals surface area contributed by atoms with E-state index in [2.05, 4.69) is 15.6 Å². The maximum atomic E-state index is 12.3.